The van der Waals surface area contributed by atoms with Crippen molar-refractivity contribution in [3.05, 3.63) is 29.8 Å². The molecule has 0 aliphatic carbocycles. The highest BCUT2D eigenvalue weighted by Crippen LogP contribution is 2.26. The standard InChI is InChI=1S/C18H24N2O3/c1-3-23-18(2)12-19(13-18)17(22)11-14-6-4-7-15(10-14)20-9-5-8-16(20)21/h4,6-7,10H,3,5,8-9,11-13H2,1-2H3. The van der Waals surface area contributed by atoms with Crippen molar-refractivity contribution >= 4 is 17.5 Å². The minimum absolute atomic E-state index is 0.118. The smallest absolute Gasteiger partial charge is 0.227 e. The number of nitrogens with zero attached hydrogens (tertiary/aromatic N) is 2. The van der Waals surface area contributed by atoms with Crippen molar-refractivity contribution in [3.8, 4) is 0 Å². The first-order valence-corrected chi connectivity index (χ1v) is 8.32. The second-order valence-electron chi connectivity index (χ2n) is 6.63. The van der Waals surface area contributed by atoms with Crippen molar-refractivity contribution < 1.29 is 14.3 Å². The maximum absolute atomic E-state index is 12.4. The monoisotopic (exact) mass is 316 g/mol. The second kappa shape index (κ2) is 6.32. The van der Waals surface area contributed by atoms with Gasteiger partial charge in [0.25, 0.3) is 0 Å². The molecular weight excluding hydrogens is 292 g/mol. The summed E-state index contributed by atoms with van der Waals surface area (Å²) in [4.78, 5) is 27.9. The molecule has 2 saturated heterocycles. The van der Waals surface area contributed by atoms with Gasteiger partial charge in [0, 0.05) is 25.3 Å². The van der Waals surface area contributed by atoms with E-state index in [1.807, 2.05) is 47.9 Å². The van der Waals surface area contributed by atoms with Gasteiger partial charge in [-0.05, 0) is 38.0 Å². The number of benzene rings is 1. The number of amides is 2. The van der Waals surface area contributed by atoms with Gasteiger partial charge in [-0.2, -0.15) is 0 Å². The number of likely N-dealkylation sites (tertiary alicyclic amines) is 1. The van der Waals surface area contributed by atoms with E-state index < -0.39 is 0 Å². The quantitative estimate of drug-likeness (QED) is 0.835. The van der Waals surface area contributed by atoms with Crippen LogP contribution in [0, 0.1) is 0 Å². The van der Waals surface area contributed by atoms with Crippen molar-refractivity contribution in [2.24, 2.45) is 0 Å². The summed E-state index contributed by atoms with van der Waals surface area (Å²) in [6, 6.07) is 7.77. The normalized spacial score (nSPS) is 19.8. The lowest BCUT2D eigenvalue weighted by atomic mass is 9.95. The van der Waals surface area contributed by atoms with Crippen molar-refractivity contribution in [1.82, 2.24) is 4.90 Å². The van der Waals surface area contributed by atoms with Crippen LogP contribution in [-0.4, -0.2) is 48.6 Å². The Morgan fingerprint density at radius 2 is 2.13 bits per heavy atom. The third kappa shape index (κ3) is 3.39. The molecule has 23 heavy (non-hydrogen) atoms. The molecule has 5 heteroatoms. The number of hydrogen-bond donors (Lipinski definition) is 0. The summed E-state index contributed by atoms with van der Waals surface area (Å²) in [5.41, 5.74) is 1.67. The Hall–Kier alpha value is -1.88. The third-order valence-corrected chi connectivity index (χ3v) is 4.55. The van der Waals surface area contributed by atoms with Gasteiger partial charge in [-0.1, -0.05) is 12.1 Å². The molecule has 2 heterocycles. The van der Waals surface area contributed by atoms with Crippen LogP contribution in [0.4, 0.5) is 5.69 Å². The molecule has 0 aromatic heterocycles. The largest absolute Gasteiger partial charge is 0.372 e. The summed E-state index contributed by atoms with van der Waals surface area (Å²) in [6.45, 7) is 6.77. The van der Waals surface area contributed by atoms with Crippen LogP contribution >= 0.6 is 0 Å². The average molecular weight is 316 g/mol. The number of carbonyl (C=O) groups is 2. The fraction of sp³-hybridized carbons (Fsp3) is 0.556. The summed E-state index contributed by atoms with van der Waals surface area (Å²) < 4.78 is 5.66. The van der Waals surface area contributed by atoms with Gasteiger partial charge in [0.2, 0.25) is 11.8 Å². The van der Waals surface area contributed by atoms with E-state index in [1.165, 1.54) is 0 Å². The molecule has 1 aromatic rings. The van der Waals surface area contributed by atoms with E-state index in [0.29, 0.717) is 32.5 Å². The zero-order valence-electron chi connectivity index (χ0n) is 13.9. The number of anilines is 1. The summed E-state index contributed by atoms with van der Waals surface area (Å²) in [5, 5.41) is 0. The van der Waals surface area contributed by atoms with Crippen molar-refractivity contribution in [2.45, 2.75) is 38.7 Å². The number of ether oxygens (including phenoxy) is 1. The molecular formula is C18H24N2O3. The van der Waals surface area contributed by atoms with E-state index in [2.05, 4.69) is 0 Å². The molecule has 3 rings (SSSR count). The zero-order chi connectivity index (χ0) is 16.4. The molecule has 0 radical (unpaired) electrons. The molecule has 0 bridgehead atoms. The van der Waals surface area contributed by atoms with Crippen molar-refractivity contribution in [1.29, 1.82) is 0 Å². The molecule has 0 spiro atoms. The first-order valence-electron chi connectivity index (χ1n) is 8.32. The molecule has 0 atom stereocenters. The summed E-state index contributed by atoms with van der Waals surface area (Å²) in [5.74, 6) is 0.288. The highest BCUT2D eigenvalue weighted by atomic mass is 16.5. The highest BCUT2D eigenvalue weighted by molar-refractivity contribution is 5.95. The summed E-state index contributed by atoms with van der Waals surface area (Å²) in [6.07, 6.45) is 1.90. The molecule has 0 N–H and O–H groups in total. The average Bonchev–Trinajstić information content (AvgIpc) is 2.91. The van der Waals surface area contributed by atoms with Crippen LogP contribution in [0.1, 0.15) is 32.3 Å². The first kappa shape index (κ1) is 16.0. The van der Waals surface area contributed by atoms with Crippen LogP contribution in [0.3, 0.4) is 0 Å². The van der Waals surface area contributed by atoms with Crippen LogP contribution in [0.15, 0.2) is 24.3 Å². The summed E-state index contributed by atoms with van der Waals surface area (Å²) >= 11 is 0. The molecule has 5 nitrogen and oxygen atoms in total. The Labute approximate surface area is 137 Å². The van der Waals surface area contributed by atoms with Crippen LogP contribution in [0.25, 0.3) is 0 Å². The maximum atomic E-state index is 12.4. The Bertz CT molecular complexity index is 608. The topological polar surface area (TPSA) is 49.9 Å². The zero-order valence-corrected chi connectivity index (χ0v) is 13.9. The first-order chi connectivity index (χ1) is 11.0. The molecule has 124 valence electrons. The Morgan fingerprint density at radius 3 is 2.78 bits per heavy atom. The molecule has 0 saturated carbocycles. The molecule has 2 aliphatic heterocycles. The predicted octanol–water partition coefficient (Wildman–Crippen LogP) is 1.99. The minimum Gasteiger partial charge on any atom is -0.372 e. The molecule has 1 aromatic carbocycles. The van der Waals surface area contributed by atoms with Crippen molar-refractivity contribution in [2.75, 3.05) is 31.1 Å². The maximum Gasteiger partial charge on any atom is 0.227 e. The fourth-order valence-corrected chi connectivity index (χ4v) is 3.42. The van der Waals surface area contributed by atoms with Gasteiger partial charge < -0.3 is 14.5 Å². The Balaban J connectivity index is 1.60. The minimum atomic E-state index is -0.186. The molecule has 2 amide bonds. The van der Waals surface area contributed by atoms with Gasteiger partial charge in [0.05, 0.1) is 19.5 Å². The van der Waals surface area contributed by atoms with Crippen molar-refractivity contribution in [3.63, 3.8) is 0 Å². The van der Waals surface area contributed by atoms with Gasteiger partial charge >= 0.3 is 0 Å². The molecule has 2 fully saturated rings. The predicted molar refractivity (Wildman–Crippen MR) is 88.3 cm³/mol. The van der Waals surface area contributed by atoms with E-state index in [-0.39, 0.29) is 17.4 Å². The Kier molecular flexibility index (Phi) is 4.39. The lowest BCUT2D eigenvalue weighted by molar-refractivity contribution is -0.162. The lowest BCUT2D eigenvalue weighted by Gasteiger charge is -2.47. The van der Waals surface area contributed by atoms with Crippen LogP contribution in [-0.2, 0) is 20.7 Å². The summed E-state index contributed by atoms with van der Waals surface area (Å²) in [7, 11) is 0. The number of carbonyl (C=O) groups excluding carboxylic acids is 2. The molecule has 2 aliphatic rings. The van der Waals surface area contributed by atoms with E-state index in [1.54, 1.807) is 0 Å². The second-order valence-corrected chi connectivity index (χ2v) is 6.63. The van der Waals surface area contributed by atoms with Gasteiger partial charge in [0.15, 0.2) is 0 Å². The van der Waals surface area contributed by atoms with Gasteiger partial charge in [0.1, 0.15) is 5.60 Å². The Morgan fingerprint density at radius 1 is 1.35 bits per heavy atom. The lowest BCUT2D eigenvalue weighted by Crippen LogP contribution is -2.63. The van der Waals surface area contributed by atoms with Crippen LogP contribution in [0.2, 0.25) is 0 Å². The SMILES string of the molecule is CCOC1(C)CN(C(=O)Cc2cccc(N3CCCC3=O)c2)C1. The van der Waals surface area contributed by atoms with Gasteiger partial charge in [-0.15, -0.1) is 0 Å². The fourth-order valence-electron chi connectivity index (χ4n) is 3.42. The van der Waals surface area contributed by atoms with E-state index in [4.69, 9.17) is 4.74 Å². The molecule has 0 unspecified atom stereocenters. The van der Waals surface area contributed by atoms with E-state index in [0.717, 1.165) is 24.2 Å². The van der Waals surface area contributed by atoms with Crippen LogP contribution < -0.4 is 4.90 Å². The third-order valence-electron chi connectivity index (χ3n) is 4.55. The van der Waals surface area contributed by atoms with E-state index in [9.17, 15) is 9.59 Å². The number of rotatable bonds is 5. The van der Waals surface area contributed by atoms with E-state index >= 15 is 0 Å². The van der Waals surface area contributed by atoms with Gasteiger partial charge in [-0.3, -0.25) is 9.59 Å². The number of hydrogen-bond acceptors (Lipinski definition) is 3. The van der Waals surface area contributed by atoms with Gasteiger partial charge in [-0.25, -0.2) is 0 Å². The van der Waals surface area contributed by atoms with Crippen LogP contribution in [0.5, 0.6) is 0 Å². The highest BCUT2D eigenvalue weighted by Gasteiger charge is 2.41.